The lowest BCUT2D eigenvalue weighted by molar-refractivity contribution is 0.0696. The van der Waals surface area contributed by atoms with Gasteiger partial charge in [-0.05, 0) is 78.3 Å². The Hall–Kier alpha value is -1.71. The van der Waals surface area contributed by atoms with Gasteiger partial charge in [-0.2, -0.15) is 0 Å². The summed E-state index contributed by atoms with van der Waals surface area (Å²) in [5, 5.41) is 14.3. The number of rotatable bonds is 2. The number of fused-ring (bicyclic) bond motifs is 7. The van der Waals surface area contributed by atoms with E-state index in [0.717, 1.165) is 16.8 Å². The number of hydrogen-bond donors (Lipinski definition) is 2. The van der Waals surface area contributed by atoms with Crippen LogP contribution < -0.4 is 5.32 Å². The summed E-state index contributed by atoms with van der Waals surface area (Å²) in [4.78, 5) is 11.5. The second-order valence-corrected chi connectivity index (χ2v) is 8.59. The van der Waals surface area contributed by atoms with E-state index in [-0.39, 0.29) is 6.04 Å². The number of carboxylic acids is 1. The normalized spacial score (nSPS) is 31.2. The minimum Gasteiger partial charge on any atom is -0.478 e. The zero-order chi connectivity index (χ0) is 18.0. The van der Waals surface area contributed by atoms with Crippen LogP contribution in [0, 0.1) is 17.8 Å². The smallest absolute Gasteiger partial charge is 0.335 e. The zero-order valence-corrected chi connectivity index (χ0v) is 15.6. The van der Waals surface area contributed by atoms with Gasteiger partial charge in [0.25, 0.3) is 0 Å². The number of hydrogen-bond acceptors (Lipinski definition) is 2. The van der Waals surface area contributed by atoms with Gasteiger partial charge in [0.05, 0.1) is 21.7 Å². The molecule has 3 aliphatic rings. The molecule has 2 saturated carbocycles. The minimum atomic E-state index is -0.868. The van der Waals surface area contributed by atoms with Crippen molar-refractivity contribution in [3.63, 3.8) is 0 Å². The van der Waals surface area contributed by atoms with Gasteiger partial charge in [-0.1, -0.05) is 35.3 Å². The number of nitrogens with one attached hydrogen (secondary N) is 1. The van der Waals surface area contributed by atoms with Gasteiger partial charge in [-0.25, -0.2) is 4.79 Å². The Balaban J connectivity index is 1.66. The van der Waals surface area contributed by atoms with Gasteiger partial charge in [-0.3, -0.25) is 0 Å². The topological polar surface area (TPSA) is 49.3 Å². The van der Waals surface area contributed by atoms with Crippen LogP contribution in [0.1, 0.15) is 52.7 Å². The van der Waals surface area contributed by atoms with Crippen LogP contribution in [0.5, 0.6) is 0 Å². The third kappa shape index (κ3) is 2.30. The van der Waals surface area contributed by atoms with Crippen molar-refractivity contribution in [3.8, 4) is 0 Å². The van der Waals surface area contributed by atoms with Crippen LogP contribution >= 0.6 is 23.2 Å². The summed E-state index contributed by atoms with van der Waals surface area (Å²) < 4.78 is 0. The number of anilines is 1. The molecule has 26 heavy (non-hydrogen) atoms. The summed E-state index contributed by atoms with van der Waals surface area (Å²) in [6, 6.07) is 11.4. The molecule has 5 unspecified atom stereocenters. The van der Waals surface area contributed by atoms with E-state index in [9.17, 15) is 9.90 Å². The Morgan fingerprint density at radius 3 is 2.69 bits per heavy atom. The summed E-state index contributed by atoms with van der Waals surface area (Å²) in [7, 11) is 0. The molecule has 134 valence electrons. The molecule has 0 radical (unpaired) electrons. The lowest BCUT2D eigenvalue weighted by Gasteiger charge is -2.44. The van der Waals surface area contributed by atoms with Crippen LogP contribution in [-0.4, -0.2) is 11.1 Å². The van der Waals surface area contributed by atoms with Gasteiger partial charge in [0.15, 0.2) is 0 Å². The fourth-order valence-corrected chi connectivity index (χ4v) is 6.11. The summed E-state index contributed by atoms with van der Waals surface area (Å²) in [5.41, 5.74) is 3.61. The average molecular weight is 388 g/mol. The Bertz CT molecular complexity index is 913. The first-order valence-corrected chi connectivity index (χ1v) is 9.88. The molecule has 2 aromatic rings. The fourth-order valence-electron chi connectivity index (χ4n) is 5.69. The quantitative estimate of drug-likeness (QED) is 0.665. The predicted molar refractivity (Wildman–Crippen MR) is 103 cm³/mol. The molecule has 1 heterocycles. The number of carbonyl (C=O) groups is 1. The third-order valence-electron chi connectivity index (χ3n) is 6.65. The molecule has 0 saturated heterocycles. The molecule has 2 N–H and O–H groups in total. The maximum Gasteiger partial charge on any atom is 0.335 e. The predicted octanol–water partition coefficient (Wildman–Crippen LogP) is 5.99. The van der Waals surface area contributed by atoms with Gasteiger partial charge < -0.3 is 10.4 Å². The minimum absolute atomic E-state index is 0.115. The van der Waals surface area contributed by atoms with Crippen LogP contribution in [0.15, 0.2) is 36.4 Å². The maximum absolute atomic E-state index is 11.5. The third-order valence-corrected chi connectivity index (χ3v) is 7.48. The second kappa shape index (κ2) is 5.90. The Labute approximate surface area is 162 Å². The molecule has 0 aromatic heterocycles. The molecule has 1 aliphatic heterocycles. The van der Waals surface area contributed by atoms with Crippen molar-refractivity contribution in [2.75, 3.05) is 5.32 Å². The number of aromatic carboxylic acids is 1. The van der Waals surface area contributed by atoms with Crippen LogP contribution in [0.4, 0.5) is 5.69 Å². The van der Waals surface area contributed by atoms with E-state index in [1.54, 1.807) is 6.07 Å². The van der Waals surface area contributed by atoms with Crippen LogP contribution in [0.2, 0.25) is 10.0 Å². The van der Waals surface area contributed by atoms with Crippen molar-refractivity contribution < 1.29 is 9.90 Å². The summed E-state index contributed by atoms with van der Waals surface area (Å²) in [5.74, 6) is 1.24. The highest BCUT2D eigenvalue weighted by molar-refractivity contribution is 6.42. The molecule has 5 rings (SSSR count). The van der Waals surface area contributed by atoms with Gasteiger partial charge in [0.1, 0.15) is 0 Å². The van der Waals surface area contributed by atoms with E-state index in [2.05, 4.69) is 11.4 Å². The monoisotopic (exact) mass is 387 g/mol. The van der Waals surface area contributed by atoms with Gasteiger partial charge in [-0.15, -0.1) is 0 Å². The standard InChI is InChI=1S/C21H19Cl2NO2/c22-15-3-1-2-13(19(15)23)20-18-11-5-4-10(8-11)17(18)14-9-12(21(25)26)6-7-16(14)24-20/h1-3,6-7,9-11,17-18,20,24H,4-5,8H2,(H,25,26). The van der Waals surface area contributed by atoms with E-state index in [1.165, 1.54) is 19.3 Å². The van der Waals surface area contributed by atoms with Crippen molar-refractivity contribution >= 4 is 34.9 Å². The van der Waals surface area contributed by atoms with E-state index in [1.807, 2.05) is 24.3 Å². The Morgan fingerprint density at radius 2 is 1.88 bits per heavy atom. The molecule has 5 heteroatoms. The molecule has 2 aromatic carbocycles. The van der Waals surface area contributed by atoms with E-state index < -0.39 is 5.97 Å². The number of halogens is 2. The second-order valence-electron chi connectivity index (χ2n) is 7.81. The molecule has 2 bridgehead atoms. The van der Waals surface area contributed by atoms with Gasteiger partial charge in [0, 0.05) is 5.69 Å². The van der Waals surface area contributed by atoms with Crippen LogP contribution in [0.25, 0.3) is 0 Å². The van der Waals surface area contributed by atoms with Crippen molar-refractivity contribution in [2.24, 2.45) is 17.8 Å². The molecule has 3 nitrogen and oxygen atoms in total. The van der Waals surface area contributed by atoms with E-state index in [4.69, 9.17) is 23.2 Å². The molecular weight excluding hydrogens is 369 g/mol. The zero-order valence-electron chi connectivity index (χ0n) is 14.1. The van der Waals surface area contributed by atoms with Crippen molar-refractivity contribution in [1.29, 1.82) is 0 Å². The number of benzene rings is 2. The first-order chi connectivity index (χ1) is 12.5. The molecule has 0 spiro atoms. The summed E-state index contributed by atoms with van der Waals surface area (Å²) in [6.45, 7) is 0. The highest BCUT2D eigenvalue weighted by Gasteiger charge is 2.54. The summed E-state index contributed by atoms with van der Waals surface area (Å²) >= 11 is 12.8. The SMILES string of the molecule is O=C(O)c1ccc2c(c1)C1C3CCC(C3)C1C(c1cccc(Cl)c1Cl)N2. The van der Waals surface area contributed by atoms with Crippen LogP contribution in [-0.2, 0) is 0 Å². The first kappa shape index (κ1) is 16.5. The average Bonchev–Trinajstić information content (AvgIpc) is 3.25. The van der Waals surface area contributed by atoms with Crippen molar-refractivity contribution in [1.82, 2.24) is 0 Å². The molecule has 2 aliphatic carbocycles. The molecular formula is C21H19Cl2NO2. The van der Waals surface area contributed by atoms with E-state index in [0.29, 0.717) is 39.3 Å². The van der Waals surface area contributed by atoms with E-state index >= 15 is 0 Å². The highest BCUT2D eigenvalue weighted by Crippen LogP contribution is 2.64. The number of carboxylic acid groups (broad SMARTS) is 1. The molecule has 5 atom stereocenters. The van der Waals surface area contributed by atoms with Gasteiger partial charge in [0.2, 0.25) is 0 Å². The molecule has 0 amide bonds. The van der Waals surface area contributed by atoms with Crippen molar-refractivity contribution in [3.05, 3.63) is 63.1 Å². The molecule has 2 fully saturated rings. The fraction of sp³-hybridized carbons (Fsp3) is 0.381. The largest absolute Gasteiger partial charge is 0.478 e. The Morgan fingerprint density at radius 1 is 1.08 bits per heavy atom. The highest BCUT2D eigenvalue weighted by atomic mass is 35.5. The van der Waals surface area contributed by atoms with Gasteiger partial charge >= 0.3 is 5.97 Å². The first-order valence-electron chi connectivity index (χ1n) is 9.12. The van der Waals surface area contributed by atoms with Crippen molar-refractivity contribution in [2.45, 2.75) is 31.2 Å². The maximum atomic E-state index is 11.5. The lowest BCUT2D eigenvalue weighted by atomic mass is 9.68. The Kier molecular flexibility index (Phi) is 3.74. The van der Waals surface area contributed by atoms with Crippen LogP contribution in [0.3, 0.4) is 0 Å². The lowest BCUT2D eigenvalue weighted by Crippen LogP contribution is -2.35. The summed E-state index contributed by atoms with van der Waals surface area (Å²) in [6.07, 6.45) is 3.71.